The second-order valence-corrected chi connectivity index (χ2v) is 6.10. The Morgan fingerprint density at radius 1 is 1.25 bits per heavy atom. The monoisotopic (exact) mass is 317 g/mol. The number of aromatic nitrogens is 1. The van der Waals surface area contributed by atoms with Crippen LogP contribution >= 0.6 is 23.2 Å². The zero-order valence-electron chi connectivity index (χ0n) is 11.6. The first kappa shape index (κ1) is 16.7. The number of hydrogen-bond donors (Lipinski definition) is 2. The van der Waals surface area contributed by atoms with Crippen molar-refractivity contribution in [1.82, 2.24) is 10.3 Å². The molecule has 0 fully saturated rings. The van der Waals surface area contributed by atoms with Gasteiger partial charge in [-0.3, -0.25) is 9.59 Å². The number of nitrogens with zero attached hydrogens (tertiary/aromatic N) is 1. The molecule has 0 unspecified atom stereocenters. The van der Waals surface area contributed by atoms with Crippen LogP contribution in [0.5, 0.6) is 0 Å². The minimum absolute atomic E-state index is 0.0991. The molecular weight excluding hydrogens is 301 g/mol. The quantitative estimate of drug-likeness (QED) is 0.897. The van der Waals surface area contributed by atoms with Gasteiger partial charge in [0.2, 0.25) is 11.8 Å². The zero-order valence-corrected chi connectivity index (χ0v) is 13.1. The number of carbonyl (C=O) groups excluding carboxylic acids is 2. The lowest BCUT2D eigenvalue weighted by Gasteiger charge is -2.17. The molecule has 1 rings (SSSR count). The minimum atomic E-state index is -0.470. The van der Waals surface area contributed by atoms with E-state index in [1.54, 1.807) is 0 Å². The van der Waals surface area contributed by atoms with Crippen LogP contribution in [0.15, 0.2) is 12.3 Å². The number of hydrogen-bond acceptors (Lipinski definition) is 3. The Bertz CT molecular complexity index is 513. The van der Waals surface area contributed by atoms with Crippen molar-refractivity contribution in [3.05, 3.63) is 22.3 Å². The van der Waals surface area contributed by atoms with Crippen LogP contribution in [0, 0.1) is 5.41 Å². The van der Waals surface area contributed by atoms with Crippen molar-refractivity contribution in [3.63, 3.8) is 0 Å². The van der Waals surface area contributed by atoms with Crippen molar-refractivity contribution in [2.24, 2.45) is 5.41 Å². The van der Waals surface area contributed by atoms with E-state index < -0.39 is 5.41 Å². The van der Waals surface area contributed by atoms with Gasteiger partial charge in [-0.2, -0.15) is 0 Å². The smallest absolute Gasteiger partial charge is 0.227 e. The first-order valence-electron chi connectivity index (χ1n) is 6.09. The molecule has 7 heteroatoms. The Kier molecular flexibility index (Phi) is 5.77. The SMILES string of the molecule is CC(C)(C)C(=O)NCCC(=O)Nc1cc(Cl)c(Cl)cn1. The number of pyridine rings is 1. The minimum Gasteiger partial charge on any atom is -0.355 e. The lowest BCUT2D eigenvalue weighted by Crippen LogP contribution is -2.36. The summed E-state index contributed by atoms with van der Waals surface area (Å²) in [6.45, 7) is 5.69. The first-order chi connectivity index (χ1) is 9.20. The molecule has 0 bridgehead atoms. The van der Waals surface area contributed by atoms with Gasteiger partial charge in [-0.05, 0) is 0 Å². The van der Waals surface area contributed by atoms with Gasteiger partial charge in [-0.25, -0.2) is 4.98 Å². The largest absolute Gasteiger partial charge is 0.355 e. The normalized spacial score (nSPS) is 11.1. The Balaban J connectivity index is 2.41. The second kappa shape index (κ2) is 6.90. The van der Waals surface area contributed by atoms with Crippen LogP contribution in [-0.4, -0.2) is 23.3 Å². The molecule has 0 aliphatic heterocycles. The number of anilines is 1. The van der Waals surface area contributed by atoms with Gasteiger partial charge in [0.15, 0.2) is 0 Å². The topological polar surface area (TPSA) is 71.1 Å². The zero-order chi connectivity index (χ0) is 15.3. The summed E-state index contributed by atoms with van der Waals surface area (Å²) in [5.41, 5.74) is -0.470. The fraction of sp³-hybridized carbons (Fsp3) is 0.462. The fourth-order valence-electron chi connectivity index (χ4n) is 1.24. The molecular formula is C13H17Cl2N3O2. The number of rotatable bonds is 4. The van der Waals surface area contributed by atoms with E-state index in [0.29, 0.717) is 15.9 Å². The highest BCUT2D eigenvalue weighted by molar-refractivity contribution is 6.42. The molecule has 2 N–H and O–H groups in total. The average molecular weight is 318 g/mol. The summed E-state index contributed by atoms with van der Waals surface area (Å²) in [7, 11) is 0. The van der Waals surface area contributed by atoms with E-state index in [0.717, 1.165) is 0 Å². The molecule has 0 aromatic carbocycles. The van der Waals surface area contributed by atoms with E-state index in [2.05, 4.69) is 15.6 Å². The Morgan fingerprint density at radius 3 is 2.45 bits per heavy atom. The second-order valence-electron chi connectivity index (χ2n) is 5.29. The highest BCUT2D eigenvalue weighted by atomic mass is 35.5. The number of halogens is 2. The molecule has 1 aromatic heterocycles. The van der Waals surface area contributed by atoms with Gasteiger partial charge >= 0.3 is 0 Å². The summed E-state index contributed by atoms with van der Waals surface area (Å²) in [5.74, 6) is -0.0328. The van der Waals surface area contributed by atoms with Gasteiger partial charge in [0.1, 0.15) is 5.82 Å². The van der Waals surface area contributed by atoms with Crippen molar-refractivity contribution < 1.29 is 9.59 Å². The molecule has 2 amide bonds. The number of nitrogens with one attached hydrogen (secondary N) is 2. The van der Waals surface area contributed by atoms with E-state index in [1.807, 2.05) is 20.8 Å². The molecule has 5 nitrogen and oxygen atoms in total. The molecule has 1 aromatic rings. The highest BCUT2D eigenvalue weighted by Gasteiger charge is 2.20. The van der Waals surface area contributed by atoms with Crippen molar-refractivity contribution in [2.75, 3.05) is 11.9 Å². The lowest BCUT2D eigenvalue weighted by molar-refractivity contribution is -0.128. The van der Waals surface area contributed by atoms with E-state index in [-0.39, 0.29) is 24.8 Å². The molecule has 110 valence electrons. The van der Waals surface area contributed by atoms with Gasteiger partial charge in [0.05, 0.1) is 10.0 Å². The van der Waals surface area contributed by atoms with E-state index in [9.17, 15) is 9.59 Å². The molecule has 0 spiro atoms. The number of carbonyl (C=O) groups is 2. The molecule has 0 radical (unpaired) electrons. The Morgan fingerprint density at radius 2 is 1.90 bits per heavy atom. The summed E-state index contributed by atoms with van der Waals surface area (Å²) < 4.78 is 0. The Labute approximate surface area is 128 Å². The maximum absolute atomic E-state index is 11.7. The third kappa shape index (κ3) is 5.35. The summed E-state index contributed by atoms with van der Waals surface area (Å²) >= 11 is 11.5. The molecule has 0 aliphatic carbocycles. The van der Waals surface area contributed by atoms with Crippen LogP contribution < -0.4 is 10.6 Å². The van der Waals surface area contributed by atoms with Crippen molar-refractivity contribution in [2.45, 2.75) is 27.2 Å². The van der Waals surface area contributed by atoms with Crippen LogP contribution in [0.25, 0.3) is 0 Å². The third-order valence-corrected chi connectivity index (χ3v) is 3.11. The molecule has 0 saturated heterocycles. The van der Waals surface area contributed by atoms with Gasteiger partial charge < -0.3 is 10.6 Å². The highest BCUT2D eigenvalue weighted by Crippen LogP contribution is 2.22. The summed E-state index contributed by atoms with van der Waals surface area (Å²) in [6, 6.07) is 1.47. The van der Waals surface area contributed by atoms with Crippen LogP contribution in [0.4, 0.5) is 5.82 Å². The third-order valence-electron chi connectivity index (χ3n) is 2.39. The van der Waals surface area contributed by atoms with Crippen LogP contribution in [0.1, 0.15) is 27.2 Å². The summed E-state index contributed by atoms with van der Waals surface area (Å²) in [4.78, 5) is 27.2. The lowest BCUT2D eigenvalue weighted by atomic mass is 9.96. The number of amides is 2. The van der Waals surface area contributed by atoms with Crippen molar-refractivity contribution >= 4 is 40.8 Å². The molecule has 1 heterocycles. The van der Waals surface area contributed by atoms with Crippen LogP contribution in [-0.2, 0) is 9.59 Å². The van der Waals surface area contributed by atoms with E-state index in [1.165, 1.54) is 12.3 Å². The van der Waals surface area contributed by atoms with E-state index >= 15 is 0 Å². The predicted molar refractivity (Wildman–Crippen MR) is 80.0 cm³/mol. The maximum atomic E-state index is 11.7. The van der Waals surface area contributed by atoms with Crippen molar-refractivity contribution in [3.8, 4) is 0 Å². The average Bonchev–Trinajstić information content (AvgIpc) is 2.32. The van der Waals surface area contributed by atoms with Crippen LogP contribution in [0.3, 0.4) is 0 Å². The maximum Gasteiger partial charge on any atom is 0.227 e. The van der Waals surface area contributed by atoms with Crippen LogP contribution in [0.2, 0.25) is 10.0 Å². The van der Waals surface area contributed by atoms with Crippen molar-refractivity contribution in [1.29, 1.82) is 0 Å². The van der Waals surface area contributed by atoms with E-state index in [4.69, 9.17) is 23.2 Å². The molecule has 20 heavy (non-hydrogen) atoms. The first-order valence-corrected chi connectivity index (χ1v) is 6.85. The van der Waals surface area contributed by atoms with Gasteiger partial charge in [-0.15, -0.1) is 0 Å². The predicted octanol–water partition coefficient (Wildman–Crippen LogP) is 2.88. The van der Waals surface area contributed by atoms with Gasteiger partial charge in [-0.1, -0.05) is 44.0 Å². The van der Waals surface area contributed by atoms with Gasteiger partial charge in [0.25, 0.3) is 0 Å². The molecule has 0 atom stereocenters. The van der Waals surface area contributed by atoms with Gasteiger partial charge in [0, 0.05) is 30.6 Å². The fourth-order valence-corrected chi connectivity index (χ4v) is 1.50. The summed E-state index contributed by atoms with van der Waals surface area (Å²) in [6.07, 6.45) is 1.52. The standard InChI is InChI=1S/C13H17Cl2N3O2/c1-13(2,3)12(20)16-5-4-11(19)18-10-6-8(14)9(15)7-17-10/h6-7H,4-5H2,1-3H3,(H,16,20)(H,17,18,19). The molecule has 0 saturated carbocycles. The summed E-state index contributed by atoms with van der Waals surface area (Å²) in [5, 5.41) is 5.91. The Hall–Kier alpha value is -1.33. The molecule has 0 aliphatic rings.